The molecular formula is C16H28O4. The van der Waals surface area contributed by atoms with Crippen LogP contribution in [-0.2, 0) is 18.9 Å². The lowest BCUT2D eigenvalue weighted by molar-refractivity contribution is -0.459. The molecule has 116 valence electrons. The molecule has 3 aliphatic heterocycles. The smallest absolute Gasteiger partial charge is 0.198 e. The highest BCUT2D eigenvalue weighted by molar-refractivity contribution is 5.14. The van der Waals surface area contributed by atoms with Gasteiger partial charge in [0.1, 0.15) is 11.2 Å². The largest absolute Gasteiger partial charge is 0.358 e. The molecule has 0 radical (unpaired) electrons. The van der Waals surface area contributed by atoms with Crippen LogP contribution in [0.3, 0.4) is 0 Å². The van der Waals surface area contributed by atoms with Gasteiger partial charge in [-0.1, -0.05) is 0 Å². The van der Waals surface area contributed by atoms with E-state index in [1.807, 2.05) is 13.8 Å². The second-order valence-corrected chi connectivity index (χ2v) is 8.63. The Labute approximate surface area is 122 Å². The number of hydrogen-bond donors (Lipinski definition) is 0. The van der Waals surface area contributed by atoms with Crippen LogP contribution >= 0.6 is 0 Å². The van der Waals surface area contributed by atoms with Crippen LogP contribution in [0.4, 0.5) is 0 Å². The highest BCUT2D eigenvalue weighted by Gasteiger charge is 2.73. The normalized spacial score (nSPS) is 56.4. The fourth-order valence-corrected chi connectivity index (χ4v) is 4.67. The van der Waals surface area contributed by atoms with Gasteiger partial charge in [-0.05, 0) is 55.4 Å². The number of rotatable bonds is 0. The van der Waals surface area contributed by atoms with E-state index < -0.39 is 22.8 Å². The maximum atomic E-state index is 6.61. The number of ether oxygens (including phenoxy) is 4. The highest BCUT2D eigenvalue weighted by atomic mass is 16.8. The van der Waals surface area contributed by atoms with Crippen LogP contribution in [-0.4, -0.2) is 34.0 Å². The van der Waals surface area contributed by atoms with E-state index in [1.165, 1.54) is 0 Å². The van der Waals surface area contributed by atoms with Gasteiger partial charge in [-0.25, -0.2) is 0 Å². The maximum absolute atomic E-state index is 6.61. The molecule has 0 N–H and O–H groups in total. The fourth-order valence-electron chi connectivity index (χ4n) is 4.67. The lowest BCUT2D eigenvalue weighted by atomic mass is 9.82. The molecule has 0 aromatic heterocycles. The van der Waals surface area contributed by atoms with E-state index in [0.717, 1.165) is 12.8 Å². The number of hydrogen-bond acceptors (Lipinski definition) is 4. The maximum Gasteiger partial charge on any atom is 0.198 e. The van der Waals surface area contributed by atoms with E-state index in [0.29, 0.717) is 0 Å². The summed E-state index contributed by atoms with van der Waals surface area (Å²) >= 11 is 0. The molecule has 0 aromatic rings. The van der Waals surface area contributed by atoms with Crippen molar-refractivity contribution < 1.29 is 18.9 Å². The van der Waals surface area contributed by atoms with E-state index >= 15 is 0 Å². The molecule has 0 bridgehead atoms. The Hall–Kier alpha value is -0.160. The minimum absolute atomic E-state index is 0.260. The van der Waals surface area contributed by atoms with Gasteiger partial charge in [0.25, 0.3) is 0 Å². The minimum Gasteiger partial charge on any atom is -0.358 e. The molecule has 3 saturated heterocycles. The standard InChI is InChI=1S/C16H28O4/c1-11(2)9-13(5)15(7,17-11)20-16(8)14(6,19-13)10-12(3,4)18-16/h9-10H2,1-8H3/t13-,14-,15-,16+/m0/s1. The third kappa shape index (κ3) is 1.75. The van der Waals surface area contributed by atoms with Crippen molar-refractivity contribution in [3.05, 3.63) is 0 Å². The van der Waals surface area contributed by atoms with Crippen LogP contribution in [0.25, 0.3) is 0 Å². The van der Waals surface area contributed by atoms with Crippen LogP contribution in [0.2, 0.25) is 0 Å². The Morgan fingerprint density at radius 1 is 0.500 bits per heavy atom. The summed E-state index contributed by atoms with van der Waals surface area (Å²) in [6.07, 6.45) is 1.62. The van der Waals surface area contributed by atoms with E-state index in [-0.39, 0.29) is 11.2 Å². The van der Waals surface area contributed by atoms with Gasteiger partial charge >= 0.3 is 0 Å². The average Bonchev–Trinajstić information content (AvgIpc) is 2.35. The van der Waals surface area contributed by atoms with Crippen LogP contribution in [0.15, 0.2) is 0 Å². The molecule has 20 heavy (non-hydrogen) atoms. The summed E-state index contributed by atoms with van der Waals surface area (Å²) < 4.78 is 25.4. The van der Waals surface area contributed by atoms with Crippen molar-refractivity contribution in [1.82, 2.24) is 0 Å². The first-order valence-corrected chi connectivity index (χ1v) is 7.55. The Morgan fingerprint density at radius 2 is 0.850 bits per heavy atom. The van der Waals surface area contributed by atoms with Crippen molar-refractivity contribution in [2.24, 2.45) is 0 Å². The van der Waals surface area contributed by atoms with E-state index in [2.05, 4.69) is 41.5 Å². The summed E-state index contributed by atoms with van der Waals surface area (Å²) in [5.74, 6) is -1.57. The van der Waals surface area contributed by atoms with Crippen molar-refractivity contribution in [2.45, 2.75) is 102 Å². The van der Waals surface area contributed by atoms with Gasteiger partial charge < -0.3 is 18.9 Å². The van der Waals surface area contributed by atoms with Gasteiger partial charge in [0.05, 0.1) is 11.2 Å². The molecule has 0 spiro atoms. The lowest BCUT2D eigenvalue weighted by Gasteiger charge is -2.56. The molecule has 0 saturated carbocycles. The summed E-state index contributed by atoms with van der Waals surface area (Å²) in [4.78, 5) is 0. The Kier molecular flexibility index (Phi) is 2.53. The van der Waals surface area contributed by atoms with Gasteiger partial charge in [0, 0.05) is 12.8 Å². The fraction of sp³-hybridized carbons (Fsp3) is 1.00. The topological polar surface area (TPSA) is 36.9 Å². The van der Waals surface area contributed by atoms with Gasteiger partial charge in [0.15, 0.2) is 11.6 Å². The van der Waals surface area contributed by atoms with E-state index in [1.54, 1.807) is 0 Å². The summed E-state index contributed by atoms with van der Waals surface area (Å²) in [7, 11) is 0. The van der Waals surface area contributed by atoms with E-state index in [4.69, 9.17) is 18.9 Å². The molecule has 0 unspecified atom stereocenters. The molecule has 3 aliphatic rings. The summed E-state index contributed by atoms with van der Waals surface area (Å²) in [6, 6.07) is 0. The Bertz CT molecular complexity index is 381. The van der Waals surface area contributed by atoms with Crippen molar-refractivity contribution in [3.63, 3.8) is 0 Å². The van der Waals surface area contributed by atoms with Gasteiger partial charge in [-0.2, -0.15) is 0 Å². The van der Waals surface area contributed by atoms with Crippen molar-refractivity contribution in [3.8, 4) is 0 Å². The van der Waals surface area contributed by atoms with Gasteiger partial charge in [-0.15, -0.1) is 0 Å². The Morgan fingerprint density at radius 3 is 1.20 bits per heavy atom. The zero-order valence-electron chi connectivity index (χ0n) is 14.0. The van der Waals surface area contributed by atoms with Crippen LogP contribution in [0, 0.1) is 0 Å². The Balaban J connectivity index is 2.04. The number of fused-ring (bicyclic) bond motifs is 2. The van der Waals surface area contributed by atoms with Crippen LogP contribution in [0.5, 0.6) is 0 Å². The van der Waals surface area contributed by atoms with Crippen LogP contribution in [0.1, 0.15) is 68.2 Å². The molecule has 0 aliphatic carbocycles. The molecule has 4 atom stereocenters. The minimum atomic E-state index is -0.787. The zero-order valence-corrected chi connectivity index (χ0v) is 14.0. The lowest BCUT2D eigenvalue weighted by Crippen LogP contribution is -2.69. The second-order valence-electron chi connectivity index (χ2n) is 8.63. The quantitative estimate of drug-likeness (QED) is 0.683. The zero-order chi connectivity index (χ0) is 15.2. The molecule has 4 nitrogen and oxygen atoms in total. The molecule has 3 rings (SSSR count). The molecule has 0 aromatic carbocycles. The second kappa shape index (κ2) is 3.43. The third-order valence-electron chi connectivity index (χ3n) is 5.23. The SMILES string of the molecule is CC1(C)C[C@]2(C)O[C@@]3(C)CC(C)(C)O[C@]3(C)O[C@]2(C)O1. The van der Waals surface area contributed by atoms with Crippen LogP contribution < -0.4 is 0 Å². The van der Waals surface area contributed by atoms with Crippen molar-refractivity contribution in [2.75, 3.05) is 0 Å². The summed E-state index contributed by atoms with van der Waals surface area (Å²) in [5, 5.41) is 0. The van der Waals surface area contributed by atoms with E-state index in [9.17, 15) is 0 Å². The first-order chi connectivity index (χ1) is 8.74. The third-order valence-corrected chi connectivity index (χ3v) is 5.23. The molecule has 3 heterocycles. The first-order valence-electron chi connectivity index (χ1n) is 7.55. The van der Waals surface area contributed by atoms with Gasteiger partial charge in [-0.3, -0.25) is 0 Å². The van der Waals surface area contributed by atoms with Gasteiger partial charge in [0.2, 0.25) is 0 Å². The predicted octanol–water partition coefficient (Wildman–Crippen LogP) is 3.38. The predicted molar refractivity (Wildman–Crippen MR) is 75.4 cm³/mol. The first kappa shape index (κ1) is 14.8. The summed E-state index contributed by atoms with van der Waals surface area (Å²) in [5.41, 5.74) is -1.45. The highest BCUT2D eigenvalue weighted by Crippen LogP contribution is 2.61. The molecule has 0 amide bonds. The molecular weight excluding hydrogens is 256 g/mol. The molecule has 3 fully saturated rings. The average molecular weight is 284 g/mol. The molecule has 4 heteroatoms. The summed E-state index contributed by atoms with van der Waals surface area (Å²) in [6.45, 7) is 16.5. The monoisotopic (exact) mass is 284 g/mol. The van der Waals surface area contributed by atoms with Crippen molar-refractivity contribution >= 4 is 0 Å². The van der Waals surface area contributed by atoms with Crippen molar-refractivity contribution in [1.29, 1.82) is 0 Å².